The lowest BCUT2D eigenvalue weighted by Crippen LogP contribution is -2.35. The smallest absolute Gasteiger partial charge is 0.140 e. The lowest BCUT2D eigenvalue weighted by molar-refractivity contribution is 0.314. The number of nitrogens with two attached hydrogens (primary N) is 1. The van der Waals surface area contributed by atoms with Crippen LogP contribution in [0.15, 0.2) is 29.4 Å². The Kier molecular flexibility index (Phi) is 5.65. The maximum Gasteiger partial charge on any atom is 0.140 e. The van der Waals surface area contributed by atoms with E-state index in [0.717, 1.165) is 6.42 Å². The van der Waals surface area contributed by atoms with Crippen molar-refractivity contribution in [3.63, 3.8) is 0 Å². The molecule has 0 aliphatic rings. The van der Waals surface area contributed by atoms with Gasteiger partial charge in [-0.15, -0.1) is 0 Å². The lowest BCUT2D eigenvalue weighted by Gasteiger charge is -2.23. The van der Waals surface area contributed by atoms with E-state index in [2.05, 4.69) is 43.4 Å². The van der Waals surface area contributed by atoms with Crippen molar-refractivity contribution in [3.8, 4) is 0 Å². The summed E-state index contributed by atoms with van der Waals surface area (Å²) in [6.45, 7) is 6.34. The van der Waals surface area contributed by atoms with Crippen molar-refractivity contribution >= 4 is 5.84 Å². The Hall–Kier alpha value is -1.55. The van der Waals surface area contributed by atoms with Gasteiger partial charge >= 0.3 is 0 Å². The van der Waals surface area contributed by atoms with Crippen LogP contribution in [0.25, 0.3) is 0 Å². The highest BCUT2D eigenvalue weighted by atomic mass is 16.4. The number of nitrogens with zero attached hydrogens (tertiary/aromatic N) is 1. The van der Waals surface area contributed by atoms with Gasteiger partial charge in [0, 0.05) is 18.5 Å². The highest BCUT2D eigenvalue weighted by Gasteiger charge is 2.14. The monoisotopic (exact) mass is 249 g/mol. The molecule has 4 nitrogen and oxygen atoms in total. The van der Waals surface area contributed by atoms with E-state index in [0.29, 0.717) is 6.42 Å². The zero-order valence-electron chi connectivity index (χ0n) is 11.4. The van der Waals surface area contributed by atoms with Crippen molar-refractivity contribution < 1.29 is 5.21 Å². The fourth-order valence-electron chi connectivity index (χ4n) is 2.13. The summed E-state index contributed by atoms with van der Waals surface area (Å²) in [6, 6.07) is 8.80. The largest absolute Gasteiger partial charge is 0.409 e. The van der Waals surface area contributed by atoms with Crippen LogP contribution in [0.5, 0.6) is 0 Å². The maximum atomic E-state index is 8.61. The third kappa shape index (κ3) is 4.04. The Balaban J connectivity index is 2.68. The van der Waals surface area contributed by atoms with Gasteiger partial charge in [-0.2, -0.15) is 0 Å². The first-order chi connectivity index (χ1) is 8.58. The summed E-state index contributed by atoms with van der Waals surface area (Å²) in [7, 11) is 0. The van der Waals surface area contributed by atoms with E-state index in [-0.39, 0.29) is 17.9 Å². The summed E-state index contributed by atoms with van der Waals surface area (Å²) >= 11 is 0. The van der Waals surface area contributed by atoms with Crippen molar-refractivity contribution in [2.45, 2.75) is 45.7 Å². The highest BCUT2D eigenvalue weighted by Crippen LogP contribution is 2.18. The second-order valence-corrected chi connectivity index (χ2v) is 4.65. The molecular weight excluding hydrogens is 226 g/mol. The molecule has 0 bridgehead atoms. The van der Waals surface area contributed by atoms with Gasteiger partial charge in [0.05, 0.1) is 0 Å². The average molecular weight is 249 g/mol. The van der Waals surface area contributed by atoms with Crippen LogP contribution < -0.4 is 11.1 Å². The standard InChI is InChI=1S/C14H23N3O/c1-4-12(9-14(15)17-18)16-11(3)13-8-6-5-7-10(13)2/h5-8,11-12,16,18H,4,9H2,1-3H3,(H2,15,17)/t11-,12?/m0/s1. The van der Waals surface area contributed by atoms with Crippen molar-refractivity contribution in [2.24, 2.45) is 10.9 Å². The van der Waals surface area contributed by atoms with Crippen LogP contribution in [0.4, 0.5) is 0 Å². The molecule has 0 amide bonds. The molecule has 0 aliphatic heterocycles. The van der Waals surface area contributed by atoms with Crippen LogP contribution in [-0.2, 0) is 0 Å². The summed E-state index contributed by atoms with van der Waals surface area (Å²) in [5.74, 6) is 0.270. The Morgan fingerprint density at radius 1 is 1.44 bits per heavy atom. The normalized spacial score (nSPS) is 15.4. The second kappa shape index (κ2) is 7.01. The Bertz CT molecular complexity index is 404. The summed E-state index contributed by atoms with van der Waals surface area (Å²) < 4.78 is 0. The van der Waals surface area contributed by atoms with Gasteiger partial charge in [-0.25, -0.2) is 0 Å². The van der Waals surface area contributed by atoms with E-state index in [9.17, 15) is 0 Å². The van der Waals surface area contributed by atoms with Gasteiger partial charge in [-0.05, 0) is 31.4 Å². The van der Waals surface area contributed by atoms with Gasteiger partial charge < -0.3 is 16.3 Å². The van der Waals surface area contributed by atoms with Crippen molar-refractivity contribution in [3.05, 3.63) is 35.4 Å². The van der Waals surface area contributed by atoms with Crippen LogP contribution in [-0.4, -0.2) is 17.1 Å². The molecule has 18 heavy (non-hydrogen) atoms. The summed E-state index contributed by atoms with van der Waals surface area (Å²) in [5.41, 5.74) is 8.12. The molecule has 0 saturated heterocycles. The zero-order valence-corrected chi connectivity index (χ0v) is 11.4. The van der Waals surface area contributed by atoms with Crippen LogP contribution in [0.1, 0.15) is 43.9 Å². The van der Waals surface area contributed by atoms with Crippen molar-refractivity contribution in [1.29, 1.82) is 0 Å². The fraction of sp³-hybridized carbons (Fsp3) is 0.500. The van der Waals surface area contributed by atoms with E-state index in [1.807, 2.05) is 12.1 Å². The number of oxime groups is 1. The van der Waals surface area contributed by atoms with Crippen molar-refractivity contribution in [1.82, 2.24) is 5.32 Å². The van der Waals surface area contributed by atoms with E-state index in [1.165, 1.54) is 11.1 Å². The molecule has 0 aromatic heterocycles. The van der Waals surface area contributed by atoms with Gasteiger partial charge in [0.1, 0.15) is 5.84 Å². The number of benzene rings is 1. The maximum absolute atomic E-state index is 8.61. The third-order valence-electron chi connectivity index (χ3n) is 3.22. The zero-order chi connectivity index (χ0) is 13.5. The Morgan fingerprint density at radius 3 is 2.67 bits per heavy atom. The first kappa shape index (κ1) is 14.5. The van der Waals surface area contributed by atoms with Crippen LogP contribution in [0.3, 0.4) is 0 Å². The lowest BCUT2D eigenvalue weighted by atomic mass is 10.0. The minimum atomic E-state index is 0.218. The summed E-state index contributed by atoms with van der Waals surface area (Å²) in [6.07, 6.45) is 1.50. The molecule has 0 spiro atoms. The topological polar surface area (TPSA) is 70.6 Å². The molecular formula is C14H23N3O. The minimum absolute atomic E-state index is 0.218. The molecule has 4 N–H and O–H groups in total. The van der Waals surface area contributed by atoms with E-state index in [1.54, 1.807) is 0 Å². The third-order valence-corrected chi connectivity index (χ3v) is 3.22. The number of aryl methyl sites for hydroxylation is 1. The summed E-state index contributed by atoms with van der Waals surface area (Å²) in [5, 5.41) is 15.2. The van der Waals surface area contributed by atoms with Gasteiger partial charge in [-0.1, -0.05) is 36.3 Å². The van der Waals surface area contributed by atoms with Gasteiger partial charge in [0.15, 0.2) is 0 Å². The molecule has 1 rings (SSSR count). The number of rotatable bonds is 6. The number of hydrogen-bond acceptors (Lipinski definition) is 3. The average Bonchev–Trinajstić information content (AvgIpc) is 2.38. The molecule has 1 unspecified atom stereocenters. The molecule has 100 valence electrons. The van der Waals surface area contributed by atoms with E-state index in [4.69, 9.17) is 10.9 Å². The van der Waals surface area contributed by atoms with Crippen LogP contribution in [0.2, 0.25) is 0 Å². The number of hydrogen-bond donors (Lipinski definition) is 3. The minimum Gasteiger partial charge on any atom is -0.409 e. The Labute approximate surface area is 109 Å². The number of nitrogens with one attached hydrogen (secondary N) is 1. The van der Waals surface area contributed by atoms with E-state index < -0.39 is 0 Å². The highest BCUT2D eigenvalue weighted by molar-refractivity contribution is 5.80. The first-order valence-corrected chi connectivity index (χ1v) is 6.36. The molecule has 0 heterocycles. The molecule has 0 saturated carbocycles. The van der Waals surface area contributed by atoms with Crippen LogP contribution >= 0.6 is 0 Å². The first-order valence-electron chi connectivity index (χ1n) is 6.36. The second-order valence-electron chi connectivity index (χ2n) is 4.65. The van der Waals surface area contributed by atoms with Gasteiger partial charge in [0.25, 0.3) is 0 Å². The Morgan fingerprint density at radius 2 is 2.11 bits per heavy atom. The fourth-order valence-corrected chi connectivity index (χ4v) is 2.13. The molecule has 1 aromatic carbocycles. The SMILES string of the molecule is CCC(C/C(N)=N/O)N[C@@H](C)c1ccccc1C. The molecule has 0 aliphatic carbocycles. The van der Waals surface area contributed by atoms with Crippen LogP contribution in [0, 0.1) is 6.92 Å². The van der Waals surface area contributed by atoms with Gasteiger partial charge in [0.2, 0.25) is 0 Å². The molecule has 0 radical (unpaired) electrons. The predicted molar refractivity (Wildman–Crippen MR) is 74.8 cm³/mol. The molecule has 0 fully saturated rings. The molecule has 1 aromatic rings. The molecule has 4 heteroatoms. The van der Waals surface area contributed by atoms with Gasteiger partial charge in [-0.3, -0.25) is 0 Å². The number of amidine groups is 1. The van der Waals surface area contributed by atoms with E-state index >= 15 is 0 Å². The molecule has 2 atom stereocenters. The van der Waals surface area contributed by atoms with Crippen molar-refractivity contribution in [2.75, 3.05) is 0 Å². The predicted octanol–water partition coefficient (Wildman–Crippen LogP) is 2.56. The quantitative estimate of drug-likeness (QED) is 0.314. The summed E-state index contributed by atoms with van der Waals surface area (Å²) in [4.78, 5) is 0.